The van der Waals surface area contributed by atoms with Crippen molar-refractivity contribution in [2.24, 2.45) is 0 Å². The lowest BCUT2D eigenvalue weighted by atomic mass is 10.2. The van der Waals surface area contributed by atoms with Gasteiger partial charge in [-0.3, -0.25) is 9.59 Å². The van der Waals surface area contributed by atoms with Gasteiger partial charge in [0.2, 0.25) is 5.91 Å². The van der Waals surface area contributed by atoms with Gasteiger partial charge in [0.1, 0.15) is 10.6 Å². The third-order valence-electron chi connectivity index (χ3n) is 4.50. The summed E-state index contributed by atoms with van der Waals surface area (Å²) >= 11 is 1.19. The number of benzene rings is 2. The predicted octanol–water partition coefficient (Wildman–Crippen LogP) is 4.25. The SMILES string of the molecule is CCOC(=O)c1sc(-c2ccccc2)cc1NC(=O)COC(=O)C(=Cc1ccccc1)NC(C)=O. The van der Waals surface area contributed by atoms with E-state index in [0.29, 0.717) is 5.56 Å². The number of rotatable bonds is 9. The first kappa shape index (κ1) is 25.4. The van der Waals surface area contributed by atoms with Crippen molar-refractivity contribution < 1.29 is 28.7 Å². The molecule has 2 amide bonds. The molecule has 0 saturated heterocycles. The van der Waals surface area contributed by atoms with E-state index in [9.17, 15) is 19.2 Å². The third-order valence-corrected chi connectivity index (χ3v) is 5.67. The van der Waals surface area contributed by atoms with E-state index in [0.717, 1.165) is 10.4 Å². The minimum absolute atomic E-state index is 0.106. The lowest BCUT2D eigenvalue weighted by Crippen LogP contribution is -2.29. The summed E-state index contributed by atoms with van der Waals surface area (Å²) in [5, 5.41) is 5.03. The number of hydrogen-bond donors (Lipinski definition) is 2. The third kappa shape index (κ3) is 7.38. The summed E-state index contributed by atoms with van der Waals surface area (Å²) in [5.74, 6) is -2.55. The van der Waals surface area contributed by atoms with Crippen molar-refractivity contribution in [2.45, 2.75) is 13.8 Å². The summed E-state index contributed by atoms with van der Waals surface area (Å²) in [6.45, 7) is 2.51. The fourth-order valence-corrected chi connectivity index (χ4v) is 4.04. The second-order valence-electron chi connectivity index (χ2n) is 7.21. The van der Waals surface area contributed by atoms with Crippen LogP contribution in [0.5, 0.6) is 0 Å². The van der Waals surface area contributed by atoms with Gasteiger partial charge < -0.3 is 20.1 Å². The molecule has 8 nitrogen and oxygen atoms in total. The highest BCUT2D eigenvalue weighted by Crippen LogP contribution is 2.35. The monoisotopic (exact) mass is 492 g/mol. The summed E-state index contributed by atoms with van der Waals surface area (Å²) in [6.07, 6.45) is 1.45. The Balaban J connectivity index is 1.72. The molecule has 1 aromatic heterocycles. The van der Waals surface area contributed by atoms with E-state index < -0.39 is 30.4 Å². The van der Waals surface area contributed by atoms with Gasteiger partial charge in [0.05, 0.1) is 12.3 Å². The normalized spacial score (nSPS) is 10.9. The van der Waals surface area contributed by atoms with Crippen LogP contribution < -0.4 is 10.6 Å². The zero-order chi connectivity index (χ0) is 25.2. The Bertz CT molecular complexity index is 1240. The molecule has 2 N–H and O–H groups in total. The lowest BCUT2D eigenvalue weighted by Gasteiger charge is -2.10. The van der Waals surface area contributed by atoms with Gasteiger partial charge in [-0.05, 0) is 30.2 Å². The molecule has 0 aliphatic heterocycles. The number of esters is 2. The molecule has 0 aliphatic rings. The van der Waals surface area contributed by atoms with Crippen LogP contribution in [0.3, 0.4) is 0 Å². The molecule has 0 aliphatic carbocycles. The van der Waals surface area contributed by atoms with Crippen LogP contribution in [0, 0.1) is 0 Å². The Kier molecular flexibility index (Phi) is 8.91. The largest absolute Gasteiger partial charge is 0.462 e. The van der Waals surface area contributed by atoms with Crippen molar-refractivity contribution in [1.29, 1.82) is 0 Å². The molecule has 0 fully saturated rings. The first-order valence-corrected chi connectivity index (χ1v) is 11.6. The molecule has 2 aromatic carbocycles. The van der Waals surface area contributed by atoms with E-state index in [1.165, 1.54) is 24.3 Å². The highest BCUT2D eigenvalue weighted by atomic mass is 32.1. The molecule has 0 unspecified atom stereocenters. The van der Waals surface area contributed by atoms with E-state index >= 15 is 0 Å². The maximum atomic E-state index is 12.6. The molecule has 1 heterocycles. The molecule has 3 aromatic rings. The molecule has 0 radical (unpaired) electrons. The topological polar surface area (TPSA) is 111 Å². The summed E-state index contributed by atoms with van der Waals surface area (Å²) in [7, 11) is 0. The van der Waals surface area contributed by atoms with Gasteiger partial charge >= 0.3 is 11.9 Å². The maximum Gasteiger partial charge on any atom is 0.355 e. The van der Waals surface area contributed by atoms with Crippen molar-refractivity contribution in [3.8, 4) is 10.4 Å². The first-order valence-electron chi connectivity index (χ1n) is 10.7. The van der Waals surface area contributed by atoms with E-state index in [-0.39, 0.29) is 22.9 Å². The second-order valence-corrected chi connectivity index (χ2v) is 8.27. The standard InChI is InChI=1S/C26H24N2O6S/c1-3-33-26(32)24-20(15-22(35-24)19-12-8-5-9-13-19)28-23(30)16-34-25(31)21(27-17(2)29)14-18-10-6-4-7-11-18/h4-15H,3,16H2,1-2H3,(H,27,29)(H,28,30). The van der Waals surface area contributed by atoms with Crippen LogP contribution in [0.4, 0.5) is 5.69 Å². The van der Waals surface area contributed by atoms with Crippen LogP contribution in [-0.4, -0.2) is 37.0 Å². The average Bonchev–Trinajstić information content (AvgIpc) is 3.27. The number of nitrogens with one attached hydrogen (secondary N) is 2. The Hall–Kier alpha value is -4.24. The first-order chi connectivity index (χ1) is 16.9. The Labute approximate surface area is 206 Å². The number of ether oxygens (including phenoxy) is 2. The average molecular weight is 493 g/mol. The zero-order valence-electron chi connectivity index (χ0n) is 19.2. The molecule has 0 atom stereocenters. The zero-order valence-corrected chi connectivity index (χ0v) is 20.0. The summed E-state index contributed by atoms with van der Waals surface area (Å²) in [6, 6.07) is 19.9. The lowest BCUT2D eigenvalue weighted by molar-refractivity contribution is -0.144. The van der Waals surface area contributed by atoms with Crippen LogP contribution in [-0.2, 0) is 23.9 Å². The smallest absolute Gasteiger partial charge is 0.355 e. The number of anilines is 1. The molecule has 0 bridgehead atoms. The molecule has 9 heteroatoms. The number of amides is 2. The van der Waals surface area contributed by atoms with Gasteiger partial charge in [0.25, 0.3) is 5.91 Å². The van der Waals surface area contributed by atoms with Crippen LogP contribution in [0.1, 0.15) is 29.1 Å². The minimum atomic E-state index is -0.875. The predicted molar refractivity (Wildman–Crippen MR) is 134 cm³/mol. The van der Waals surface area contributed by atoms with E-state index in [1.807, 2.05) is 36.4 Å². The van der Waals surface area contributed by atoms with Gasteiger partial charge in [-0.2, -0.15) is 0 Å². The molecule has 180 valence electrons. The van der Waals surface area contributed by atoms with Gasteiger partial charge in [-0.15, -0.1) is 11.3 Å². The Morgan fingerprint density at radius 3 is 2.23 bits per heavy atom. The Morgan fingerprint density at radius 1 is 0.943 bits per heavy atom. The van der Waals surface area contributed by atoms with E-state index in [1.54, 1.807) is 37.3 Å². The van der Waals surface area contributed by atoms with Crippen molar-refractivity contribution in [2.75, 3.05) is 18.5 Å². The van der Waals surface area contributed by atoms with E-state index in [2.05, 4.69) is 10.6 Å². The van der Waals surface area contributed by atoms with Crippen molar-refractivity contribution in [3.63, 3.8) is 0 Å². The summed E-state index contributed by atoms with van der Waals surface area (Å²) in [4.78, 5) is 50.0. The van der Waals surface area contributed by atoms with Crippen molar-refractivity contribution in [1.82, 2.24) is 5.32 Å². The molecule has 0 saturated carbocycles. The number of carbonyl (C=O) groups is 4. The molecule has 3 rings (SSSR count). The minimum Gasteiger partial charge on any atom is -0.462 e. The second kappa shape index (κ2) is 12.3. The quantitative estimate of drug-likeness (QED) is 0.341. The van der Waals surface area contributed by atoms with Gasteiger partial charge in [-0.25, -0.2) is 9.59 Å². The number of hydrogen-bond acceptors (Lipinski definition) is 7. The van der Waals surface area contributed by atoms with Gasteiger partial charge in [0.15, 0.2) is 6.61 Å². The Morgan fingerprint density at radius 2 is 1.60 bits per heavy atom. The fraction of sp³-hybridized carbons (Fsp3) is 0.154. The van der Waals surface area contributed by atoms with Crippen LogP contribution in [0.25, 0.3) is 16.5 Å². The van der Waals surface area contributed by atoms with E-state index in [4.69, 9.17) is 9.47 Å². The maximum absolute atomic E-state index is 12.6. The fourth-order valence-electron chi connectivity index (χ4n) is 3.02. The summed E-state index contributed by atoms with van der Waals surface area (Å²) < 4.78 is 10.2. The summed E-state index contributed by atoms with van der Waals surface area (Å²) in [5.41, 5.74) is 1.70. The van der Waals surface area contributed by atoms with Crippen LogP contribution in [0.15, 0.2) is 72.4 Å². The number of thiophene rings is 1. The van der Waals surface area contributed by atoms with Crippen molar-refractivity contribution >= 4 is 46.9 Å². The number of carbonyl (C=O) groups excluding carboxylic acids is 4. The van der Waals surface area contributed by atoms with Crippen molar-refractivity contribution in [3.05, 3.63) is 82.9 Å². The highest BCUT2D eigenvalue weighted by Gasteiger charge is 2.21. The van der Waals surface area contributed by atoms with Gasteiger partial charge in [0, 0.05) is 11.8 Å². The van der Waals surface area contributed by atoms with Gasteiger partial charge in [-0.1, -0.05) is 60.7 Å². The molecular weight excluding hydrogens is 468 g/mol. The highest BCUT2D eigenvalue weighted by molar-refractivity contribution is 7.18. The van der Waals surface area contributed by atoms with Crippen LogP contribution in [0.2, 0.25) is 0 Å². The molecular formula is C26H24N2O6S. The van der Waals surface area contributed by atoms with Crippen LogP contribution >= 0.6 is 11.3 Å². The molecule has 0 spiro atoms. The molecule has 35 heavy (non-hydrogen) atoms.